The van der Waals surface area contributed by atoms with Crippen LogP contribution in [-0.2, 0) is 24.4 Å². The van der Waals surface area contributed by atoms with Crippen LogP contribution in [0, 0.1) is 22.7 Å². The molecule has 0 atom stereocenters. The van der Waals surface area contributed by atoms with Gasteiger partial charge in [0.1, 0.15) is 17.6 Å². The summed E-state index contributed by atoms with van der Waals surface area (Å²) in [6, 6.07) is 5.58. The van der Waals surface area contributed by atoms with E-state index in [4.69, 9.17) is 8.42 Å². The highest BCUT2D eigenvalue weighted by molar-refractivity contribution is 7.51. The van der Waals surface area contributed by atoms with Crippen molar-refractivity contribution in [3.05, 3.63) is 41.0 Å². The molecule has 0 unspecified atom stereocenters. The number of carbonyl (C=O) groups excluding carboxylic acids is 1. The average molecular weight is 621 g/mol. The molecule has 1 aromatic heterocycles. The molecule has 1 saturated carbocycles. The summed E-state index contributed by atoms with van der Waals surface area (Å²) in [5.41, 5.74) is -3.69. The van der Waals surface area contributed by atoms with Crippen LogP contribution in [0.15, 0.2) is 18.2 Å². The molecule has 232 valence electrons. The number of nitriles is 1. The average Bonchev–Trinajstić information content (AvgIpc) is 3.27. The van der Waals surface area contributed by atoms with Crippen molar-refractivity contribution in [2.24, 2.45) is 11.3 Å². The molecule has 1 aliphatic carbocycles. The quantitative estimate of drug-likeness (QED) is 0.375. The van der Waals surface area contributed by atoms with E-state index < -0.39 is 53.5 Å². The van der Waals surface area contributed by atoms with E-state index in [1.807, 2.05) is 6.07 Å². The van der Waals surface area contributed by atoms with Crippen molar-refractivity contribution in [2.45, 2.75) is 84.6 Å². The number of hydrogen-bond acceptors (Lipinski definition) is 7. The van der Waals surface area contributed by atoms with E-state index in [-0.39, 0.29) is 41.4 Å². The molecular weight excluding hydrogens is 587 g/mol. The number of aromatic nitrogens is 2. The van der Waals surface area contributed by atoms with Gasteiger partial charge in [0.2, 0.25) is 0 Å². The first-order chi connectivity index (χ1) is 19.5. The fraction of sp³-hybridized carbons (Fsp3) is 0.593. The lowest BCUT2D eigenvalue weighted by atomic mass is 9.79. The van der Waals surface area contributed by atoms with Crippen LogP contribution in [-0.4, -0.2) is 53.9 Å². The molecule has 1 aliphatic rings. The second-order valence-electron chi connectivity index (χ2n) is 10.9. The van der Waals surface area contributed by atoms with E-state index in [2.05, 4.69) is 22.0 Å². The minimum atomic E-state index is -4.53. The first-order valence-electron chi connectivity index (χ1n) is 13.1. The molecule has 0 aliphatic heterocycles. The summed E-state index contributed by atoms with van der Waals surface area (Å²) in [5, 5.41) is 23.4. The van der Waals surface area contributed by atoms with Gasteiger partial charge in [0.25, 0.3) is 5.91 Å². The number of hydrogen-bond donors (Lipinski definition) is 2. The van der Waals surface area contributed by atoms with Crippen molar-refractivity contribution in [2.75, 3.05) is 6.54 Å². The molecule has 2 aromatic rings. The summed E-state index contributed by atoms with van der Waals surface area (Å²) in [5.74, 6) is -0.512. The molecule has 0 radical (unpaired) electrons. The zero-order valence-corrected chi connectivity index (χ0v) is 24.4. The predicted octanol–water partition coefficient (Wildman–Crippen LogP) is 5.04. The van der Waals surface area contributed by atoms with Crippen LogP contribution in [0.1, 0.15) is 80.9 Å². The van der Waals surface area contributed by atoms with Gasteiger partial charge < -0.3 is 15.2 Å². The highest BCUT2D eigenvalue weighted by Crippen LogP contribution is 2.41. The topological polar surface area (TPSA) is 134 Å². The maximum Gasteiger partial charge on any atom is 0.394 e. The molecule has 1 fully saturated rings. The van der Waals surface area contributed by atoms with Gasteiger partial charge in [-0.3, -0.25) is 9.36 Å². The van der Waals surface area contributed by atoms with Crippen molar-refractivity contribution in [1.82, 2.24) is 14.9 Å². The van der Waals surface area contributed by atoms with Crippen molar-refractivity contribution < 1.29 is 45.0 Å². The van der Waals surface area contributed by atoms with E-state index in [1.165, 1.54) is 16.7 Å². The minimum absolute atomic E-state index is 0.0405. The Morgan fingerprint density at radius 3 is 2.38 bits per heavy atom. The van der Waals surface area contributed by atoms with Crippen LogP contribution < -0.4 is 10.1 Å². The molecule has 15 heteroatoms. The number of carbonyl (C=O) groups is 1. The van der Waals surface area contributed by atoms with Gasteiger partial charge in [0.15, 0.2) is 11.4 Å². The van der Waals surface area contributed by atoms with E-state index in [0.717, 1.165) is 32.8 Å². The van der Waals surface area contributed by atoms with Gasteiger partial charge in [-0.25, -0.2) is 4.98 Å². The fourth-order valence-electron chi connectivity index (χ4n) is 4.68. The van der Waals surface area contributed by atoms with Gasteiger partial charge in [0, 0.05) is 13.0 Å². The second-order valence-corrected chi connectivity index (χ2v) is 11.1. The SMILES string of the molecule is CCc1nc(C(=O)NCC2(O)CCC(C)CC2)c(C#N)n1-c1ccc(CC(C)(C)C(F)(F)F)cc1OC(F)F.O=S=O. The monoisotopic (exact) mass is 620 g/mol. The van der Waals surface area contributed by atoms with Gasteiger partial charge in [-0.1, -0.05) is 33.8 Å². The fourth-order valence-corrected chi connectivity index (χ4v) is 4.68. The number of imidazole rings is 1. The van der Waals surface area contributed by atoms with Gasteiger partial charge in [-0.05, 0) is 55.7 Å². The van der Waals surface area contributed by atoms with Crippen molar-refractivity contribution in [3.63, 3.8) is 0 Å². The Morgan fingerprint density at radius 2 is 1.88 bits per heavy atom. The Balaban J connectivity index is 0.00000197. The van der Waals surface area contributed by atoms with E-state index in [9.17, 15) is 37.1 Å². The number of benzene rings is 1. The molecule has 0 spiro atoms. The number of amides is 1. The summed E-state index contributed by atoms with van der Waals surface area (Å²) in [6.45, 7) is 2.44. The Kier molecular flexibility index (Phi) is 11.8. The van der Waals surface area contributed by atoms with Crippen LogP contribution in [0.25, 0.3) is 5.69 Å². The lowest BCUT2D eigenvalue weighted by Gasteiger charge is -2.34. The third-order valence-corrected chi connectivity index (χ3v) is 7.26. The largest absolute Gasteiger partial charge is 0.433 e. The van der Waals surface area contributed by atoms with E-state index >= 15 is 0 Å². The molecule has 1 amide bonds. The number of nitrogens with zero attached hydrogens (tertiary/aromatic N) is 3. The van der Waals surface area contributed by atoms with E-state index in [0.29, 0.717) is 18.8 Å². The predicted molar refractivity (Wildman–Crippen MR) is 142 cm³/mol. The van der Waals surface area contributed by atoms with Gasteiger partial charge in [-0.15, -0.1) is 0 Å². The van der Waals surface area contributed by atoms with Crippen molar-refractivity contribution >= 4 is 17.5 Å². The van der Waals surface area contributed by atoms with Gasteiger partial charge >= 0.3 is 24.4 Å². The smallest absolute Gasteiger partial charge is 0.394 e. The number of nitrogens with one attached hydrogen (secondary N) is 1. The normalized spacial score (nSPS) is 19.0. The molecule has 42 heavy (non-hydrogen) atoms. The number of ether oxygens (including phenoxy) is 1. The molecule has 9 nitrogen and oxygen atoms in total. The lowest BCUT2D eigenvalue weighted by Crippen LogP contribution is -2.45. The summed E-state index contributed by atoms with van der Waals surface area (Å²) < 4.78 is 89.4. The van der Waals surface area contributed by atoms with Crippen LogP contribution in [0.2, 0.25) is 0 Å². The Hall–Kier alpha value is -3.38. The molecule has 0 saturated heterocycles. The van der Waals surface area contributed by atoms with Crippen LogP contribution >= 0.6 is 0 Å². The first kappa shape index (κ1) is 34.8. The standard InChI is InChI=1S/C27H33F5N4O3.O2S/c1-5-21-35-22(23(37)34-15-26(38)10-8-16(2)9-11-26)19(14-33)36(21)18-7-6-17(12-20(18)39-24(28)29)13-25(3,4)27(30,31)32;1-3-2/h6-7,12,16,24,38H,5,8-11,13,15H2,1-4H3,(H,34,37);. The summed E-state index contributed by atoms with van der Waals surface area (Å²) in [4.78, 5) is 17.3. The molecule has 1 aromatic carbocycles. The van der Waals surface area contributed by atoms with Crippen molar-refractivity contribution in [1.29, 1.82) is 5.26 Å². The number of alkyl halides is 5. The Labute approximate surface area is 243 Å². The van der Waals surface area contributed by atoms with E-state index in [1.54, 1.807) is 6.92 Å². The molecule has 1 heterocycles. The van der Waals surface area contributed by atoms with Gasteiger partial charge in [-0.2, -0.15) is 35.6 Å². The van der Waals surface area contributed by atoms with Crippen LogP contribution in [0.5, 0.6) is 5.75 Å². The first-order valence-corrected chi connectivity index (χ1v) is 13.8. The number of aryl methyl sites for hydroxylation is 1. The van der Waals surface area contributed by atoms with Gasteiger partial charge in [0.05, 0.1) is 16.7 Å². The van der Waals surface area contributed by atoms with Crippen LogP contribution in [0.3, 0.4) is 0 Å². The number of aliphatic hydroxyl groups is 1. The number of rotatable bonds is 9. The Morgan fingerprint density at radius 1 is 1.29 bits per heavy atom. The molecule has 3 rings (SSSR count). The summed E-state index contributed by atoms with van der Waals surface area (Å²) >= 11 is -0.750. The van der Waals surface area contributed by atoms with Crippen molar-refractivity contribution in [3.8, 4) is 17.5 Å². The minimum Gasteiger partial charge on any atom is -0.433 e. The third kappa shape index (κ3) is 8.57. The van der Waals surface area contributed by atoms with Crippen LogP contribution in [0.4, 0.5) is 22.0 Å². The lowest BCUT2D eigenvalue weighted by molar-refractivity contribution is -0.211. The summed E-state index contributed by atoms with van der Waals surface area (Å²) in [6.07, 6.45) is -2.18. The zero-order valence-electron chi connectivity index (χ0n) is 23.6. The molecule has 2 N–H and O–H groups in total. The summed E-state index contributed by atoms with van der Waals surface area (Å²) in [7, 11) is 0. The molecule has 0 bridgehead atoms. The Bertz CT molecular complexity index is 1330. The third-order valence-electron chi connectivity index (χ3n) is 7.26. The maximum atomic E-state index is 13.4. The molecular formula is C27H33F5N4O5S. The highest BCUT2D eigenvalue weighted by Gasteiger charge is 2.47. The highest BCUT2D eigenvalue weighted by atomic mass is 32.1. The maximum absolute atomic E-state index is 13.4. The zero-order chi connectivity index (χ0) is 31.9. The number of halogens is 5. The second kappa shape index (κ2) is 14.2.